The van der Waals surface area contributed by atoms with Gasteiger partial charge in [0.1, 0.15) is 11.4 Å². The number of carboxylic acids is 1. The molecule has 7 nitrogen and oxygen atoms in total. The van der Waals surface area contributed by atoms with Crippen molar-refractivity contribution in [1.82, 2.24) is 9.55 Å². The SMILES string of the molecule is O=C([O-])c1cc(N=Cc2c(O)n(-c3ccc(F)cc3)c(=S)[nH]c2=O)ccc1Cl. The topological polar surface area (TPSA) is 111 Å². The van der Waals surface area contributed by atoms with Crippen molar-refractivity contribution in [3.63, 3.8) is 0 Å². The van der Waals surface area contributed by atoms with Crippen LogP contribution in [0.4, 0.5) is 10.1 Å². The van der Waals surface area contributed by atoms with Crippen LogP contribution in [0.1, 0.15) is 15.9 Å². The molecule has 0 aliphatic heterocycles. The molecule has 0 saturated heterocycles. The number of rotatable bonds is 4. The first-order chi connectivity index (χ1) is 13.3. The van der Waals surface area contributed by atoms with Crippen molar-refractivity contribution in [2.45, 2.75) is 0 Å². The van der Waals surface area contributed by atoms with Gasteiger partial charge >= 0.3 is 0 Å². The Bertz CT molecular complexity index is 1220. The molecule has 10 heteroatoms. The van der Waals surface area contributed by atoms with Crippen molar-refractivity contribution in [2.24, 2.45) is 4.99 Å². The summed E-state index contributed by atoms with van der Waals surface area (Å²) in [5.41, 5.74) is -0.725. The highest BCUT2D eigenvalue weighted by Gasteiger charge is 2.13. The Balaban J connectivity index is 2.09. The Kier molecular flexibility index (Phi) is 5.39. The minimum atomic E-state index is -1.48. The maximum atomic E-state index is 13.1. The Labute approximate surface area is 167 Å². The number of benzene rings is 2. The molecule has 1 aromatic heterocycles. The Morgan fingerprint density at radius 3 is 2.61 bits per heavy atom. The Morgan fingerprint density at radius 1 is 1.29 bits per heavy atom. The van der Waals surface area contributed by atoms with Gasteiger partial charge in [-0.25, -0.2) is 4.39 Å². The molecule has 28 heavy (non-hydrogen) atoms. The predicted molar refractivity (Wildman–Crippen MR) is 102 cm³/mol. The highest BCUT2D eigenvalue weighted by molar-refractivity contribution is 7.71. The third-order valence-corrected chi connectivity index (χ3v) is 4.33. The molecule has 0 amide bonds. The fourth-order valence-corrected chi connectivity index (χ4v) is 2.85. The standard InChI is InChI=1S/C18H11ClFN3O4S/c19-14-6-3-10(7-12(14)17(26)27)21-8-13-15(24)22-18(28)23(16(13)25)11-4-1-9(20)2-5-11/h1-8,25H,(H,26,27)(H,22,24,28)/p-1. The van der Waals surface area contributed by atoms with Crippen LogP contribution >= 0.6 is 23.8 Å². The molecule has 1 heterocycles. The number of aliphatic imine (C=N–C) groups is 1. The minimum absolute atomic E-state index is 0.0238. The molecule has 0 atom stereocenters. The summed E-state index contributed by atoms with van der Waals surface area (Å²) < 4.78 is 14.2. The summed E-state index contributed by atoms with van der Waals surface area (Å²) in [7, 11) is 0. The summed E-state index contributed by atoms with van der Waals surface area (Å²) in [6.07, 6.45) is 1.05. The molecular weight excluding hydrogens is 409 g/mol. The average molecular weight is 419 g/mol. The van der Waals surface area contributed by atoms with Gasteiger partial charge in [-0.15, -0.1) is 0 Å². The van der Waals surface area contributed by atoms with Crippen LogP contribution in [0.2, 0.25) is 5.02 Å². The lowest BCUT2D eigenvalue weighted by atomic mass is 10.2. The van der Waals surface area contributed by atoms with Gasteiger partial charge in [0, 0.05) is 16.8 Å². The van der Waals surface area contributed by atoms with E-state index in [-0.39, 0.29) is 26.6 Å². The molecule has 3 aromatic rings. The molecule has 0 spiro atoms. The zero-order chi connectivity index (χ0) is 20.4. The molecule has 0 aliphatic rings. The van der Waals surface area contributed by atoms with Crippen LogP contribution in [0.25, 0.3) is 5.69 Å². The zero-order valence-corrected chi connectivity index (χ0v) is 15.4. The number of hydrogen-bond acceptors (Lipinski definition) is 6. The summed E-state index contributed by atoms with van der Waals surface area (Å²) >= 11 is 10.8. The van der Waals surface area contributed by atoms with Crippen molar-refractivity contribution in [3.05, 3.63) is 79.6 Å². The van der Waals surface area contributed by atoms with E-state index in [1.54, 1.807) is 0 Å². The number of nitrogens with one attached hydrogen (secondary N) is 1. The number of aromatic amines is 1. The third kappa shape index (κ3) is 3.85. The summed E-state index contributed by atoms with van der Waals surface area (Å²) in [5, 5.41) is 21.5. The van der Waals surface area contributed by atoms with Gasteiger partial charge in [0.05, 0.1) is 17.3 Å². The number of H-pyrrole nitrogens is 1. The van der Waals surface area contributed by atoms with Crippen molar-refractivity contribution in [3.8, 4) is 11.6 Å². The first-order valence-corrected chi connectivity index (χ1v) is 8.45. The Morgan fingerprint density at radius 2 is 1.96 bits per heavy atom. The van der Waals surface area contributed by atoms with Gasteiger partial charge in [0.25, 0.3) is 5.56 Å². The molecule has 142 valence electrons. The van der Waals surface area contributed by atoms with Gasteiger partial charge in [0.15, 0.2) is 4.77 Å². The number of hydrogen-bond donors (Lipinski definition) is 2. The van der Waals surface area contributed by atoms with Gasteiger partial charge in [-0.05, 0) is 54.7 Å². The van der Waals surface area contributed by atoms with E-state index in [2.05, 4.69) is 9.98 Å². The normalized spacial score (nSPS) is 11.1. The maximum absolute atomic E-state index is 13.1. The van der Waals surface area contributed by atoms with E-state index < -0.39 is 23.2 Å². The van der Waals surface area contributed by atoms with Crippen LogP contribution in [-0.4, -0.2) is 26.8 Å². The second-order valence-electron chi connectivity index (χ2n) is 5.52. The van der Waals surface area contributed by atoms with Gasteiger partial charge in [-0.3, -0.25) is 19.3 Å². The van der Waals surface area contributed by atoms with E-state index in [4.69, 9.17) is 23.8 Å². The van der Waals surface area contributed by atoms with Crippen molar-refractivity contribution >= 4 is 41.7 Å². The van der Waals surface area contributed by atoms with Crippen LogP contribution < -0.4 is 10.7 Å². The molecule has 0 bridgehead atoms. The van der Waals surface area contributed by atoms with Crippen molar-refractivity contribution in [1.29, 1.82) is 0 Å². The van der Waals surface area contributed by atoms with Crippen LogP contribution in [-0.2, 0) is 0 Å². The zero-order valence-electron chi connectivity index (χ0n) is 13.8. The third-order valence-electron chi connectivity index (χ3n) is 3.72. The second kappa shape index (κ2) is 7.75. The van der Waals surface area contributed by atoms with E-state index in [1.165, 1.54) is 36.4 Å². The number of carboxylic acid groups (broad SMARTS) is 1. The summed E-state index contributed by atoms with van der Waals surface area (Å²) in [4.78, 5) is 29.6. The predicted octanol–water partition coefficient (Wildman–Crippen LogP) is 2.51. The van der Waals surface area contributed by atoms with E-state index in [1.807, 2.05) is 0 Å². The summed E-state index contributed by atoms with van der Waals surface area (Å²) in [6, 6.07) is 8.98. The number of halogens is 2. The van der Waals surface area contributed by atoms with E-state index in [0.717, 1.165) is 16.8 Å². The molecule has 2 N–H and O–H groups in total. The number of carbonyl (C=O) groups excluding carboxylic acids is 1. The lowest BCUT2D eigenvalue weighted by Crippen LogP contribution is -2.22. The van der Waals surface area contributed by atoms with E-state index in [0.29, 0.717) is 5.69 Å². The quantitative estimate of drug-likeness (QED) is 0.499. The second-order valence-corrected chi connectivity index (χ2v) is 6.31. The van der Waals surface area contributed by atoms with Crippen LogP contribution in [0.15, 0.2) is 52.3 Å². The van der Waals surface area contributed by atoms with Crippen LogP contribution in [0.3, 0.4) is 0 Å². The minimum Gasteiger partial charge on any atom is -0.545 e. The monoisotopic (exact) mass is 418 g/mol. The highest BCUT2D eigenvalue weighted by atomic mass is 35.5. The number of aromatic carboxylic acids is 1. The fraction of sp³-hybridized carbons (Fsp3) is 0. The van der Waals surface area contributed by atoms with Gasteiger partial charge in [0.2, 0.25) is 5.88 Å². The van der Waals surface area contributed by atoms with Gasteiger partial charge < -0.3 is 15.0 Å². The van der Waals surface area contributed by atoms with E-state index >= 15 is 0 Å². The lowest BCUT2D eigenvalue weighted by Gasteiger charge is -2.11. The lowest BCUT2D eigenvalue weighted by molar-refractivity contribution is -0.255. The van der Waals surface area contributed by atoms with Gasteiger partial charge in [-0.2, -0.15) is 0 Å². The van der Waals surface area contributed by atoms with Crippen LogP contribution in [0.5, 0.6) is 5.88 Å². The van der Waals surface area contributed by atoms with Crippen LogP contribution in [0, 0.1) is 10.6 Å². The Hall–Kier alpha value is -3.30. The van der Waals surface area contributed by atoms with Gasteiger partial charge in [-0.1, -0.05) is 11.6 Å². The molecule has 3 rings (SSSR count). The van der Waals surface area contributed by atoms with Crippen molar-refractivity contribution < 1.29 is 19.4 Å². The number of nitrogens with zero attached hydrogens (tertiary/aromatic N) is 2. The first-order valence-electron chi connectivity index (χ1n) is 7.67. The average Bonchev–Trinajstić information content (AvgIpc) is 2.63. The highest BCUT2D eigenvalue weighted by Crippen LogP contribution is 2.23. The number of aromatic nitrogens is 2. The molecule has 0 radical (unpaired) electrons. The fourth-order valence-electron chi connectivity index (χ4n) is 2.37. The first kappa shape index (κ1) is 19.5. The molecule has 2 aromatic carbocycles. The molecule has 0 fully saturated rings. The molecule has 0 aliphatic carbocycles. The molecule has 0 saturated carbocycles. The molecular formula is C18H10ClFN3O4S-. The summed E-state index contributed by atoms with van der Waals surface area (Å²) in [5.74, 6) is -2.47. The number of carbonyl (C=O) groups is 1. The largest absolute Gasteiger partial charge is 0.545 e. The van der Waals surface area contributed by atoms with E-state index in [9.17, 15) is 24.2 Å². The maximum Gasteiger partial charge on any atom is 0.264 e. The number of aromatic hydroxyl groups is 1. The summed E-state index contributed by atoms with van der Waals surface area (Å²) in [6.45, 7) is 0. The smallest absolute Gasteiger partial charge is 0.264 e. The van der Waals surface area contributed by atoms with Crippen molar-refractivity contribution in [2.75, 3.05) is 0 Å². The molecule has 0 unspecified atom stereocenters.